The number of hydrogen-bond donors (Lipinski definition) is 1. The summed E-state index contributed by atoms with van der Waals surface area (Å²) >= 11 is 0. The van der Waals surface area contributed by atoms with E-state index in [-0.39, 0.29) is 25.4 Å². The van der Waals surface area contributed by atoms with Gasteiger partial charge in [-0.25, -0.2) is 4.79 Å². The third kappa shape index (κ3) is 4.67. The van der Waals surface area contributed by atoms with Gasteiger partial charge in [-0.15, -0.1) is 0 Å². The van der Waals surface area contributed by atoms with E-state index in [2.05, 4.69) is 4.98 Å². The van der Waals surface area contributed by atoms with Gasteiger partial charge in [0.2, 0.25) is 0 Å². The Hall–Kier alpha value is -3.16. The van der Waals surface area contributed by atoms with Crippen molar-refractivity contribution in [2.24, 2.45) is 0 Å². The van der Waals surface area contributed by atoms with Crippen molar-refractivity contribution >= 4 is 11.8 Å². The maximum Gasteiger partial charge on any atom is 0.328 e. The van der Waals surface area contributed by atoms with E-state index in [0.717, 1.165) is 0 Å². The maximum atomic E-state index is 11.9. The number of rotatable bonds is 7. The lowest BCUT2D eigenvalue weighted by molar-refractivity contribution is -0.142. The molecule has 0 fully saturated rings. The second-order valence-corrected chi connectivity index (χ2v) is 4.87. The normalized spacial score (nSPS) is 10.2. The summed E-state index contributed by atoms with van der Waals surface area (Å²) in [4.78, 5) is 48.0. The summed E-state index contributed by atoms with van der Waals surface area (Å²) in [7, 11) is 1.52. The zero-order valence-corrected chi connectivity index (χ0v) is 13.0. The molecule has 0 saturated heterocycles. The minimum absolute atomic E-state index is 0.0468. The number of hydrogen-bond acceptors (Lipinski definition) is 6. The SMILES string of the molecule is COc1ccc(C(=O)COC(=O)CCn2ccc(=O)[nH]c2=O)cc1. The molecule has 1 heterocycles. The molecule has 0 aliphatic carbocycles. The zero-order valence-electron chi connectivity index (χ0n) is 13.0. The highest BCUT2D eigenvalue weighted by Gasteiger charge is 2.10. The van der Waals surface area contributed by atoms with Crippen molar-refractivity contribution in [3.05, 3.63) is 62.9 Å². The summed E-state index contributed by atoms with van der Waals surface area (Å²) in [6, 6.07) is 7.61. The minimum atomic E-state index is -0.616. The van der Waals surface area contributed by atoms with Gasteiger partial charge < -0.3 is 14.0 Å². The lowest BCUT2D eigenvalue weighted by Gasteiger charge is -2.06. The first kappa shape index (κ1) is 17.2. The summed E-state index contributed by atoms with van der Waals surface area (Å²) < 4.78 is 11.1. The van der Waals surface area contributed by atoms with E-state index in [4.69, 9.17) is 9.47 Å². The molecule has 0 saturated carbocycles. The topological polar surface area (TPSA) is 107 Å². The monoisotopic (exact) mass is 332 g/mol. The Morgan fingerprint density at radius 3 is 2.46 bits per heavy atom. The van der Waals surface area contributed by atoms with E-state index >= 15 is 0 Å². The van der Waals surface area contributed by atoms with Crippen LogP contribution >= 0.6 is 0 Å². The Morgan fingerprint density at radius 2 is 1.83 bits per heavy atom. The molecule has 8 nitrogen and oxygen atoms in total. The van der Waals surface area contributed by atoms with Gasteiger partial charge in [-0.3, -0.25) is 19.4 Å². The second kappa shape index (κ2) is 7.91. The van der Waals surface area contributed by atoms with Crippen LogP contribution in [-0.4, -0.2) is 35.0 Å². The van der Waals surface area contributed by atoms with Crippen LogP contribution in [0.5, 0.6) is 5.75 Å². The van der Waals surface area contributed by atoms with Crippen LogP contribution in [0.2, 0.25) is 0 Å². The average molecular weight is 332 g/mol. The Morgan fingerprint density at radius 1 is 1.12 bits per heavy atom. The van der Waals surface area contributed by atoms with E-state index in [1.807, 2.05) is 0 Å². The number of ketones is 1. The number of aromatic nitrogens is 2. The molecule has 24 heavy (non-hydrogen) atoms. The van der Waals surface area contributed by atoms with Crippen molar-refractivity contribution < 1.29 is 19.1 Å². The number of carbonyl (C=O) groups is 2. The molecule has 1 aromatic carbocycles. The van der Waals surface area contributed by atoms with Gasteiger partial charge in [-0.05, 0) is 24.3 Å². The first-order chi connectivity index (χ1) is 11.5. The summed E-state index contributed by atoms with van der Waals surface area (Å²) in [5, 5.41) is 0. The first-order valence-electron chi connectivity index (χ1n) is 7.12. The predicted octanol–water partition coefficient (Wildman–Crippen LogP) is 0.361. The number of esters is 1. The van der Waals surface area contributed by atoms with Crippen molar-refractivity contribution in [2.75, 3.05) is 13.7 Å². The molecule has 126 valence electrons. The third-order valence-corrected chi connectivity index (χ3v) is 3.23. The maximum absolute atomic E-state index is 11.9. The lowest BCUT2D eigenvalue weighted by Crippen LogP contribution is -2.29. The summed E-state index contributed by atoms with van der Waals surface area (Å²) in [6.07, 6.45) is 1.19. The van der Waals surface area contributed by atoms with Crippen LogP contribution in [0.25, 0.3) is 0 Å². The summed E-state index contributed by atoms with van der Waals surface area (Å²) in [5.74, 6) is -0.336. The van der Waals surface area contributed by atoms with Crippen LogP contribution in [0.4, 0.5) is 0 Å². The molecule has 8 heteroatoms. The fourth-order valence-corrected chi connectivity index (χ4v) is 1.91. The van der Waals surface area contributed by atoms with Crippen molar-refractivity contribution in [3.63, 3.8) is 0 Å². The summed E-state index contributed by atoms with van der Waals surface area (Å²) in [6.45, 7) is -0.336. The Kier molecular flexibility index (Phi) is 5.67. The molecular weight excluding hydrogens is 316 g/mol. The number of benzene rings is 1. The van der Waals surface area contributed by atoms with Crippen molar-refractivity contribution in [2.45, 2.75) is 13.0 Å². The fraction of sp³-hybridized carbons (Fsp3) is 0.250. The quantitative estimate of drug-likeness (QED) is 0.579. The van der Waals surface area contributed by atoms with Gasteiger partial charge in [0.15, 0.2) is 12.4 Å². The number of Topliss-reactive ketones (excluding diaryl/α,β-unsaturated/α-hetero) is 1. The minimum Gasteiger partial charge on any atom is -0.497 e. The van der Waals surface area contributed by atoms with Crippen LogP contribution in [0.15, 0.2) is 46.1 Å². The van der Waals surface area contributed by atoms with E-state index in [1.165, 1.54) is 23.9 Å². The average Bonchev–Trinajstić information content (AvgIpc) is 2.59. The number of ether oxygens (including phenoxy) is 2. The standard InChI is InChI=1S/C16H16N2O6/c1-23-12-4-2-11(3-5-12)13(19)10-24-15(21)7-9-18-8-6-14(20)17-16(18)22/h2-6,8H,7,9-10H2,1H3,(H,17,20,22). The Labute approximate surface area is 136 Å². The molecule has 0 aliphatic rings. The van der Waals surface area contributed by atoms with Gasteiger partial charge in [0.05, 0.1) is 13.5 Å². The molecule has 0 aliphatic heterocycles. The largest absolute Gasteiger partial charge is 0.497 e. The number of carbonyl (C=O) groups excluding carboxylic acids is 2. The van der Waals surface area contributed by atoms with Crippen molar-refractivity contribution in [3.8, 4) is 5.75 Å². The Bertz CT molecular complexity index is 835. The van der Waals surface area contributed by atoms with Crippen molar-refractivity contribution in [1.29, 1.82) is 0 Å². The van der Waals surface area contributed by atoms with Crippen LogP contribution in [-0.2, 0) is 16.1 Å². The smallest absolute Gasteiger partial charge is 0.328 e. The molecule has 0 amide bonds. The number of methoxy groups -OCH3 is 1. The number of nitrogens with one attached hydrogen (secondary N) is 1. The molecule has 0 unspecified atom stereocenters. The lowest BCUT2D eigenvalue weighted by atomic mass is 10.1. The number of aromatic amines is 1. The first-order valence-corrected chi connectivity index (χ1v) is 7.12. The van der Waals surface area contributed by atoms with E-state index < -0.39 is 17.2 Å². The highest BCUT2D eigenvalue weighted by molar-refractivity contribution is 5.98. The molecule has 0 spiro atoms. The van der Waals surface area contributed by atoms with Crippen LogP contribution in [0, 0.1) is 0 Å². The van der Waals surface area contributed by atoms with Gasteiger partial charge >= 0.3 is 11.7 Å². The molecular formula is C16H16N2O6. The van der Waals surface area contributed by atoms with Gasteiger partial charge in [0.1, 0.15) is 5.75 Å². The van der Waals surface area contributed by atoms with Crippen molar-refractivity contribution in [1.82, 2.24) is 9.55 Å². The van der Waals surface area contributed by atoms with E-state index in [9.17, 15) is 19.2 Å². The fourth-order valence-electron chi connectivity index (χ4n) is 1.91. The van der Waals surface area contributed by atoms with Crippen LogP contribution in [0.1, 0.15) is 16.8 Å². The molecule has 0 atom stereocenters. The van der Waals surface area contributed by atoms with Gasteiger partial charge in [0.25, 0.3) is 5.56 Å². The van der Waals surface area contributed by atoms with E-state index in [1.54, 1.807) is 24.3 Å². The second-order valence-electron chi connectivity index (χ2n) is 4.87. The molecule has 2 rings (SSSR count). The van der Waals surface area contributed by atoms with Gasteiger partial charge in [-0.2, -0.15) is 0 Å². The molecule has 1 N–H and O–H groups in total. The predicted molar refractivity (Wildman–Crippen MR) is 84.2 cm³/mol. The van der Waals surface area contributed by atoms with Crippen LogP contribution in [0.3, 0.4) is 0 Å². The van der Waals surface area contributed by atoms with E-state index in [0.29, 0.717) is 11.3 Å². The zero-order chi connectivity index (χ0) is 17.5. The number of H-pyrrole nitrogens is 1. The summed E-state index contributed by atoms with van der Waals surface area (Å²) in [5.41, 5.74) is -0.714. The highest BCUT2D eigenvalue weighted by Crippen LogP contribution is 2.11. The van der Waals surface area contributed by atoms with Gasteiger partial charge in [0, 0.05) is 24.4 Å². The molecule has 1 aromatic heterocycles. The third-order valence-electron chi connectivity index (χ3n) is 3.23. The molecule has 0 bridgehead atoms. The number of nitrogens with zero attached hydrogens (tertiary/aromatic N) is 1. The number of aryl methyl sites for hydroxylation is 1. The molecule has 0 radical (unpaired) electrons. The Balaban J connectivity index is 1.82. The van der Waals surface area contributed by atoms with Crippen LogP contribution < -0.4 is 16.0 Å². The highest BCUT2D eigenvalue weighted by atomic mass is 16.5. The van der Waals surface area contributed by atoms with Gasteiger partial charge in [-0.1, -0.05) is 0 Å². The molecule has 2 aromatic rings.